The first kappa shape index (κ1) is 19.8. The maximum Gasteiger partial charge on any atom is 0.137 e. The molecule has 3 aromatic heterocycles. The summed E-state index contributed by atoms with van der Waals surface area (Å²) >= 11 is 0. The molecule has 0 amide bonds. The van der Waals surface area contributed by atoms with Gasteiger partial charge in [0.15, 0.2) is 0 Å². The van der Waals surface area contributed by atoms with Gasteiger partial charge in [0.25, 0.3) is 0 Å². The molecule has 2 atom stereocenters. The topological polar surface area (TPSA) is 94.7 Å². The van der Waals surface area contributed by atoms with Crippen LogP contribution in [0.1, 0.15) is 44.7 Å². The molecule has 0 aliphatic carbocycles. The molecule has 154 valence electrons. The van der Waals surface area contributed by atoms with Crippen LogP contribution in [0.4, 0.5) is 5.82 Å². The third-order valence-electron chi connectivity index (χ3n) is 5.55. The monoisotopic (exact) mass is 395 g/mol. The van der Waals surface area contributed by atoms with E-state index in [9.17, 15) is 10.2 Å². The minimum atomic E-state index is -1.07. The van der Waals surface area contributed by atoms with Gasteiger partial charge >= 0.3 is 0 Å². The molecule has 4 rings (SSSR count). The fraction of sp³-hybridized carbons (Fsp3) is 0.455. The van der Waals surface area contributed by atoms with Gasteiger partial charge in [0.1, 0.15) is 11.5 Å². The zero-order chi connectivity index (χ0) is 20.6. The van der Waals surface area contributed by atoms with Crippen molar-refractivity contribution in [2.75, 3.05) is 11.9 Å². The summed E-state index contributed by atoms with van der Waals surface area (Å²) in [7, 11) is 0. The SMILES string of the molecule is C[C@H]1C[C@@H](Nc2cccc(-c3cnc4cc(CO)c(C(C)(C)O)cn34)n2)CCN1. The zero-order valence-corrected chi connectivity index (χ0v) is 17.2. The smallest absolute Gasteiger partial charge is 0.137 e. The summed E-state index contributed by atoms with van der Waals surface area (Å²) in [4.78, 5) is 9.30. The standard InChI is InChI=1S/C22H29N5O2/c1-14-9-16(7-8-23-14)25-20-6-4-5-18(26-20)19-11-24-21-10-15(13-28)17(12-27(19)21)22(2,3)29/h4-6,10-12,14,16,23,28-29H,7-9,13H2,1-3H3,(H,25,26)/t14-,16-/m0/s1. The first-order chi connectivity index (χ1) is 13.8. The molecule has 0 spiro atoms. The van der Waals surface area contributed by atoms with E-state index in [1.807, 2.05) is 34.9 Å². The van der Waals surface area contributed by atoms with Gasteiger partial charge in [-0.3, -0.25) is 4.40 Å². The molecule has 0 bridgehead atoms. The number of pyridine rings is 2. The molecule has 7 heteroatoms. The average Bonchev–Trinajstić information content (AvgIpc) is 3.09. The lowest BCUT2D eigenvalue weighted by Crippen LogP contribution is -2.41. The van der Waals surface area contributed by atoms with E-state index in [4.69, 9.17) is 4.98 Å². The summed E-state index contributed by atoms with van der Waals surface area (Å²) in [5.74, 6) is 0.853. The lowest BCUT2D eigenvalue weighted by Gasteiger charge is -2.29. The normalized spacial score (nSPS) is 20.2. The first-order valence-corrected chi connectivity index (χ1v) is 10.2. The van der Waals surface area contributed by atoms with E-state index >= 15 is 0 Å². The number of aliphatic hydroxyl groups is 2. The highest BCUT2D eigenvalue weighted by molar-refractivity contribution is 5.63. The van der Waals surface area contributed by atoms with Crippen molar-refractivity contribution in [1.29, 1.82) is 0 Å². The number of imidazole rings is 1. The average molecular weight is 396 g/mol. The summed E-state index contributed by atoms with van der Waals surface area (Å²) in [6, 6.07) is 8.67. The molecule has 4 N–H and O–H groups in total. The Hall–Kier alpha value is -2.48. The van der Waals surface area contributed by atoms with Gasteiger partial charge in [-0.2, -0.15) is 0 Å². The van der Waals surface area contributed by atoms with Gasteiger partial charge in [-0.05, 0) is 63.9 Å². The summed E-state index contributed by atoms with van der Waals surface area (Å²) in [5, 5.41) is 27.3. The molecule has 7 nitrogen and oxygen atoms in total. The third kappa shape index (κ3) is 4.12. The van der Waals surface area contributed by atoms with Crippen molar-refractivity contribution in [2.45, 2.75) is 57.9 Å². The molecular weight excluding hydrogens is 366 g/mol. The Labute approximate surface area is 170 Å². The molecule has 0 aromatic carbocycles. The summed E-state index contributed by atoms with van der Waals surface area (Å²) in [6.07, 6.45) is 5.77. The summed E-state index contributed by atoms with van der Waals surface area (Å²) < 4.78 is 1.92. The molecule has 0 radical (unpaired) electrons. The Morgan fingerprint density at radius 1 is 1.34 bits per heavy atom. The molecule has 29 heavy (non-hydrogen) atoms. The second kappa shape index (κ2) is 7.74. The van der Waals surface area contributed by atoms with Gasteiger partial charge in [0, 0.05) is 23.8 Å². The minimum Gasteiger partial charge on any atom is -0.392 e. The molecule has 1 fully saturated rings. The number of nitrogens with one attached hydrogen (secondary N) is 2. The highest BCUT2D eigenvalue weighted by Gasteiger charge is 2.22. The fourth-order valence-corrected chi connectivity index (χ4v) is 4.06. The quantitative estimate of drug-likeness (QED) is 0.531. The lowest BCUT2D eigenvalue weighted by molar-refractivity contribution is 0.0755. The van der Waals surface area contributed by atoms with E-state index in [1.54, 1.807) is 20.0 Å². The highest BCUT2D eigenvalue weighted by atomic mass is 16.3. The van der Waals surface area contributed by atoms with E-state index < -0.39 is 5.60 Å². The molecule has 1 aliphatic heterocycles. The Kier molecular flexibility index (Phi) is 5.29. The Morgan fingerprint density at radius 2 is 2.17 bits per heavy atom. The second-order valence-electron chi connectivity index (χ2n) is 8.43. The Bertz CT molecular complexity index is 1010. The van der Waals surface area contributed by atoms with Gasteiger partial charge in [-0.1, -0.05) is 6.07 Å². The van der Waals surface area contributed by atoms with Gasteiger partial charge < -0.3 is 20.8 Å². The first-order valence-electron chi connectivity index (χ1n) is 10.2. The lowest BCUT2D eigenvalue weighted by atomic mass is 9.95. The van der Waals surface area contributed by atoms with Crippen molar-refractivity contribution in [1.82, 2.24) is 19.7 Å². The van der Waals surface area contributed by atoms with E-state index in [1.165, 1.54) is 0 Å². The van der Waals surface area contributed by atoms with E-state index in [2.05, 4.69) is 22.5 Å². The Morgan fingerprint density at radius 3 is 2.90 bits per heavy atom. The van der Waals surface area contributed by atoms with Crippen LogP contribution < -0.4 is 10.6 Å². The molecule has 4 heterocycles. The summed E-state index contributed by atoms with van der Waals surface area (Å²) in [5.41, 5.74) is 2.64. The van der Waals surface area contributed by atoms with Crippen molar-refractivity contribution in [3.63, 3.8) is 0 Å². The number of aliphatic hydroxyl groups excluding tert-OH is 1. The number of fused-ring (bicyclic) bond motifs is 1. The molecule has 0 unspecified atom stereocenters. The van der Waals surface area contributed by atoms with Crippen LogP contribution in [0.3, 0.4) is 0 Å². The van der Waals surface area contributed by atoms with Gasteiger partial charge in [-0.15, -0.1) is 0 Å². The van der Waals surface area contributed by atoms with Crippen LogP contribution in [-0.2, 0) is 12.2 Å². The number of anilines is 1. The van der Waals surface area contributed by atoms with Crippen LogP contribution in [0, 0.1) is 0 Å². The van der Waals surface area contributed by atoms with E-state index in [0.29, 0.717) is 28.9 Å². The number of hydrogen-bond acceptors (Lipinski definition) is 6. The maximum atomic E-state index is 10.5. The number of rotatable bonds is 5. The van der Waals surface area contributed by atoms with Gasteiger partial charge in [0.2, 0.25) is 0 Å². The van der Waals surface area contributed by atoms with Crippen LogP contribution in [0.25, 0.3) is 17.0 Å². The predicted molar refractivity (Wildman–Crippen MR) is 114 cm³/mol. The minimum absolute atomic E-state index is 0.148. The zero-order valence-electron chi connectivity index (χ0n) is 17.2. The van der Waals surface area contributed by atoms with E-state index in [0.717, 1.165) is 36.6 Å². The molecular formula is C22H29N5O2. The number of nitrogens with zero attached hydrogens (tertiary/aromatic N) is 3. The second-order valence-corrected chi connectivity index (χ2v) is 8.43. The van der Waals surface area contributed by atoms with Crippen molar-refractivity contribution in [3.8, 4) is 11.4 Å². The van der Waals surface area contributed by atoms with Crippen molar-refractivity contribution < 1.29 is 10.2 Å². The highest BCUT2D eigenvalue weighted by Crippen LogP contribution is 2.28. The molecule has 3 aromatic rings. The van der Waals surface area contributed by atoms with Gasteiger partial charge in [0.05, 0.1) is 29.8 Å². The van der Waals surface area contributed by atoms with Crippen molar-refractivity contribution in [2.24, 2.45) is 0 Å². The van der Waals surface area contributed by atoms with Crippen LogP contribution in [-0.4, -0.2) is 43.2 Å². The van der Waals surface area contributed by atoms with Crippen molar-refractivity contribution in [3.05, 3.63) is 47.8 Å². The molecule has 1 saturated heterocycles. The van der Waals surface area contributed by atoms with E-state index in [-0.39, 0.29) is 6.61 Å². The number of hydrogen-bond donors (Lipinski definition) is 4. The Balaban J connectivity index is 1.69. The van der Waals surface area contributed by atoms with Crippen LogP contribution in [0.5, 0.6) is 0 Å². The fourth-order valence-electron chi connectivity index (χ4n) is 4.06. The predicted octanol–water partition coefficient (Wildman–Crippen LogP) is 2.67. The maximum absolute atomic E-state index is 10.5. The molecule has 0 saturated carbocycles. The van der Waals surface area contributed by atoms with Crippen LogP contribution in [0.15, 0.2) is 36.7 Å². The summed E-state index contributed by atoms with van der Waals surface area (Å²) in [6.45, 7) is 6.50. The van der Waals surface area contributed by atoms with Gasteiger partial charge in [-0.25, -0.2) is 9.97 Å². The largest absolute Gasteiger partial charge is 0.392 e. The van der Waals surface area contributed by atoms with Crippen LogP contribution >= 0.6 is 0 Å². The number of piperidine rings is 1. The third-order valence-corrected chi connectivity index (χ3v) is 5.55. The van der Waals surface area contributed by atoms with Crippen molar-refractivity contribution >= 4 is 11.5 Å². The van der Waals surface area contributed by atoms with Crippen LogP contribution in [0.2, 0.25) is 0 Å². The molecule has 1 aliphatic rings. The number of aromatic nitrogens is 3.